The van der Waals surface area contributed by atoms with Crippen molar-refractivity contribution in [1.82, 2.24) is 19.9 Å². The molecule has 134 valence electrons. The molecule has 0 saturated carbocycles. The van der Waals surface area contributed by atoms with Crippen LogP contribution in [-0.4, -0.2) is 63.4 Å². The molecule has 1 aliphatic heterocycles. The predicted molar refractivity (Wildman–Crippen MR) is 92.9 cm³/mol. The zero-order valence-corrected chi connectivity index (χ0v) is 14.4. The number of nitrogens with zero attached hydrogens (tertiary/aromatic N) is 5. The number of nitrogens with one attached hydrogen (secondary N) is 1. The zero-order chi connectivity index (χ0) is 18.0. The number of nitro groups is 1. The SMILES string of the molecule is CC1CCN(C(=O)CC[N+](=O)[O-])CC1N(C)c1ncnc2[nH]ccc12. The van der Waals surface area contributed by atoms with E-state index in [2.05, 4.69) is 26.8 Å². The van der Waals surface area contributed by atoms with Crippen molar-refractivity contribution in [1.29, 1.82) is 0 Å². The van der Waals surface area contributed by atoms with Gasteiger partial charge in [-0.15, -0.1) is 0 Å². The number of carbonyl (C=O) groups is 1. The zero-order valence-electron chi connectivity index (χ0n) is 14.4. The minimum atomic E-state index is -0.447. The number of rotatable bonds is 5. The summed E-state index contributed by atoms with van der Waals surface area (Å²) in [5, 5.41) is 11.4. The molecule has 0 aliphatic carbocycles. The maximum Gasteiger partial charge on any atom is 0.229 e. The molecule has 1 amide bonds. The Morgan fingerprint density at radius 3 is 3.08 bits per heavy atom. The lowest BCUT2D eigenvalue weighted by Gasteiger charge is -2.42. The molecular weight excluding hydrogens is 324 g/mol. The molecule has 1 saturated heterocycles. The van der Waals surface area contributed by atoms with Gasteiger partial charge in [-0.1, -0.05) is 6.92 Å². The van der Waals surface area contributed by atoms with E-state index in [1.54, 1.807) is 4.90 Å². The van der Waals surface area contributed by atoms with Crippen LogP contribution >= 0.6 is 0 Å². The smallest absolute Gasteiger partial charge is 0.229 e. The molecule has 0 radical (unpaired) electrons. The normalized spacial score (nSPS) is 20.6. The molecule has 2 aromatic rings. The van der Waals surface area contributed by atoms with E-state index in [1.165, 1.54) is 6.33 Å². The lowest BCUT2D eigenvalue weighted by atomic mass is 9.92. The highest BCUT2D eigenvalue weighted by Crippen LogP contribution is 2.28. The first-order chi connectivity index (χ1) is 12.0. The number of H-pyrrole nitrogens is 1. The van der Waals surface area contributed by atoms with Gasteiger partial charge < -0.3 is 14.8 Å². The van der Waals surface area contributed by atoms with Gasteiger partial charge in [-0.25, -0.2) is 9.97 Å². The van der Waals surface area contributed by atoms with Crippen molar-refractivity contribution in [2.45, 2.75) is 25.8 Å². The number of hydrogen-bond donors (Lipinski definition) is 1. The molecule has 0 spiro atoms. The molecule has 9 heteroatoms. The van der Waals surface area contributed by atoms with Crippen LogP contribution in [0.4, 0.5) is 5.82 Å². The fraction of sp³-hybridized carbons (Fsp3) is 0.562. The first kappa shape index (κ1) is 17.1. The van der Waals surface area contributed by atoms with Crippen LogP contribution in [0.2, 0.25) is 0 Å². The van der Waals surface area contributed by atoms with Crippen LogP contribution in [0.5, 0.6) is 0 Å². The summed E-state index contributed by atoms with van der Waals surface area (Å²) in [6, 6.07) is 2.04. The van der Waals surface area contributed by atoms with Crippen molar-refractivity contribution in [3.8, 4) is 0 Å². The van der Waals surface area contributed by atoms with Crippen molar-refractivity contribution in [3.63, 3.8) is 0 Å². The van der Waals surface area contributed by atoms with Crippen LogP contribution in [0.25, 0.3) is 11.0 Å². The van der Waals surface area contributed by atoms with E-state index in [9.17, 15) is 14.9 Å². The summed E-state index contributed by atoms with van der Waals surface area (Å²) in [6.07, 6.45) is 4.17. The Kier molecular flexibility index (Phi) is 4.82. The van der Waals surface area contributed by atoms with Crippen molar-refractivity contribution in [2.75, 3.05) is 31.6 Å². The lowest BCUT2D eigenvalue weighted by Crippen LogP contribution is -2.53. The summed E-state index contributed by atoms with van der Waals surface area (Å²) in [6.45, 7) is 3.03. The van der Waals surface area contributed by atoms with Gasteiger partial charge in [0.05, 0.1) is 17.8 Å². The van der Waals surface area contributed by atoms with Gasteiger partial charge in [-0.2, -0.15) is 0 Å². The monoisotopic (exact) mass is 346 g/mol. The molecule has 1 N–H and O–H groups in total. The van der Waals surface area contributed by atoms with Gasteiger partial charge >= 0.3 is 0 Å². The minimum Gasteiger partial charge on any atom is -0.354 e. The number of piperidine rings is 1. The number of hydrogen-bond acceptors (Lipinski definition) is 6. The van der Waals surface area contributed by atoms with Crippen LogP contribution < -0.4 is 4.90 Å². The van der Waals surface area contributed by atoms with Crippen LogP contribution in [0.15, 0.2) is 18.6 Å². The topological polar surface area (TPSA) is 108 Å². The molecule has 2 atom stereocenters. The molecule has 0 aromatic carbocycles. The minimum absolute atomic E-state index is 0.0482. The van der Waals surface area contributed by atoms with E-state index >= 15 is 0 Å². The second kappa shape index (κ2) is 7.04. The first-order valence-corrected chi connectivity index (χ1v) is 8.38. The molecule has 0 bridgehead atoms. The van der Waals surface area contributed by atoms with Gasteiger partial charge in [0.25, 0.3) is 0 Å². The standard InChI is InChI=1S/C16H22N6O3/c1-11-4-7-21(14(23)5-8-22(24)25)9-13(11)20(2)16-12-3-6-17-15(12)18-10-19-16/h3,6,10-11,13H,4-5,7-9H2,1-2H3,(H,17,18,19). The average molecular weight is 346 g/mol. The summed E-state index contributed by atoms with van der Waals surface area (Å²) >= 11 is 0. The third-order valence-corrected chi connectivity index (χ3v) is 4.94. The van der Waals surface area contributed by atoms with Gasteiger partial charge in [0, 0.05) is 31.3 Å². The summed E-state index contributed by atoms with van der Waals surface area (Å²) in [5.41, 5.74) is 0.777. The Hall–Kier alpha value is -2.71. The van der Waals surface area contributed by atoms with Crippen molar-refractivity contribution < 1.29 is 9.72 Å². The number of aromatic amines is 1. The van der Waals surface area contributed by atoms with Crippen LogP contribution in [0.3, 0.4) is 0 Å². The second-order valence-corrected chi connectivity index (χ2v) is 6.53. The van der Waals surface area contributed by atoms with E-state index < -0.39 is 4.92 Å². The quantitative estimate of drug-likeness (QED) is 0.646. The highest BCUT2D eigenvalue weighted by atomic mass is 16.6. The fourth-order valence-corrected chi connectivity index (χ4v) is 3.42. The second-order valence-electron chi connectivity index (χ2n) is 6.53. The predicted octanol–water partition coefficient (Wildman–Crippen LogP) is 1.30. The highest BCUT2D eigenvalue weighted by Gasteiger charge is 2.32. The number of anilines is 1. The Bertz CT molecular complexity index is 776. The van der Waals surface area contributed by atoms with Crippen LogP contribution in [-0.2, 0) is 4.79 Å². The van der Waals surface area contributed by atoms with Gasteiger partial charge in [-0.05, 0) is 18.4 Å². The summed E-state index contributed by atoms with van der Waals surface area (Å²) < 4.78 is 0. The van der Waals surface area contributed by atoms with Gasteiger partial charge in [0.2, 0.25) is 12.5 Å². The number of fused-ring (bicyclic) bond motifs is 1. The Labute approximate surface area is 145 Å². The molecular formula is C16H22N6O3. The van der Waals surface area contributed by atoms with E-state index in [1.807, 2.05) is 19.3 Å². The molecule has 1 fully saturated rings. The average Bonchev–Trinajstić information content (AvgIpc) is 3.08. The summed E-state index contributed by atoms with van der Waals surface area (Å²) in [5.74, 6) is 1.05. The van der Waals surface area contributed by atoms with E-state index in [0.717, 1.165) is 23.3 Å². The third kappa shape index (κ3) is 3.54. The van der Waals surface area contributed by atoms with Gasteiger partial charge in [0.1, 0.15) is 17.8 Å². The Morgan fingerprint density at radius 2 is 2.32 bits per heavy atom. The molecule has 9 nitrogen and oxygen atoms in total. The number of likely N-dealkylation sites (N-methyl/N-ethyl adjacent to an activating group) is 1. The summed E-state index contributed by atoms with van der Waals surface area (Å²) in [7, 11) is 1.97. The molecule has 1 aliphatic rings. The van der Waals surface area contributed by atoms with Crippen molar-refractivity contribution in [2.24, 2.45) is 5.92 Å². The first-order valence-electron chi connectivity index (χ1n) is 8.38. The van der Waals surface area contributed by atoms with E-state index in [-0.39, 0.29) is 24.9 Å². The van der Waals surface area contributed by atoms with E-state index in [4.69, 9.17) is 0 Å². The Balaban J connectivity index is 1.76. The molecule has 2 unspecified atom stereocenters. The number of carbonyl (C=O) groups excluding carboxylic acids is 1. The van der Waals surface area contributed by atoms with Crippen molar-refractivity contribution >= 4 is 22.8 Å². The van der Waals surface area contributed by atoms with Gasteiger partial charge in [0.15, 0.2) is 0 Å². The lowest BCUT2D eigenvalue weighted by molar-refractivity contribution is -0.478. The molecule has 2 aromatic heterocycles. The van der Waals surface area contributed by atoms with Crippen LogP contribution in [0.1, 0.15) is 19.8 Å². The fourth-order valence-electron chi connectivity index (χ4n) is 3.42. The molecule has 3 rings (SSSR count). The van der Waals surface area contributed by atoms with Crippen LogP contribution in [0, 0.1) is 16.0 Å². The highest BCUT2D eigenvalue weighted by molar-refractivity contribution is 5.87. The third-order valence-electron chi connectivity index (χ3n) is 4.94. The number of aromatic nitrogens is 3. The number of amides is 1. The van der Waals surface area contributed by atoms with E-state index in [0.29, 0.717) is 19.0 Å². The largest absolute Gasteiger partial charge is 0.354 e. The molecule has 3 heterocycles. The summed E-state index contributed by atoms with van der Waals surface area (Å²) in [4.78, 5) is 37.9. The maximum absolute atomic E-state index is 12.3. The molecule has 25 heavy (non-hydrogen) atoms. The number of likely N-dealkylation sites (tertiary alicyclic amines) is 1. The van der Waals surface area contributed by atoms with Crippen molar-refractivity contribution in [3.05, 3.63) is 28.7 Å². The maximum atomic E-state index is 12.3. The Morgan fingerprint density at radius 1 is 1.52 bits per heavy atom. The van der Waals surface area contributed by atoms with Gasteiger partial charge in [-0.3, -0.25) is 14.9 Å².